The maximum atomic E-state index is 12.7. The number of halogens is 1. The lowest BCUT2D eigenvalue weighted by Crippen LogP contribution is -2.48. The molecule has 0 aromatic carbocycles. The van der Waals surface area contributed by atoms with E-state index < -0.39 is 5.95 Å². The van der Waals surface area contributed by atoms with Crippen molar-refractivity contribution in [1.82, 2.24) is 19.9 Å². The van der Waals surface area contributed by atoms with E-state index in [1.807, 2.05) is 0 Å². The molecule has 1 unspecified atom stereocenters. The van der Waals surface area contributed by atoms with Crippen LogP contribution in [0, 0.1) is 5.95 Å². The van der Waals surface area contributed by atoms with E-state index in [1.165, 1.54) is 6.20 Å². The fourth-order valence-electron chi connectivity index (χ4n) is 2.32. The SMILES string of the molecule is O=C(c1cccnc1)N1CCOC(CNc2cnc(F)cn2)C1. The van der Waals surface area contributed by atoms with Crippen molar-refractivity contribution in [1.29, 1.82) is 0 Å². The quantitative estimate of drug-likeness (QED) is 0.905. The van der Waals surface area contributed by atoms with Crippen LogP contribution in [-0.4, -0.2) is 58.1 Å². The highest BCUT2D eigenvalue weighted by Crippen LogP contribution is 2.11. The first kappa shape index (κ1) is 15.3. The number of carbonyl (C=O) groups excluding carboxylic acids is 1. The van der Waals surface area contributed by atoms with Gasteiger partial charge in [-0.15, -0.1) is 0 Å². The van der Waals surface area contributed by atoms with E-state index in [9.17, 15) is 9.18 Å². The zero-order valence-electron chi connectivity index (χ0n) is 12.4. The minimum Gasteiger partial charge on any atom is -0.373 e. The Morgan fingerprint density at radius 1 is 1.39 bits per heavy atom. The Morgan fingerprint density at radius 3 is 3.04 bits per heavy atom. The normalized spacial score (nSPS) is 17.8. The molecule has 120 valence electrons. The van der Waals surface area contributed by atoms with Crippen molar-refractivity contribution in [2.24, 2.45) is 0 Å². The van der Waals surface area contributed by atoms with Crippen molar-refractivity contribution in [3.63, 3.8) is 0 Å². The Balaban J connectivity index is 1.56. The van der Waals surface area contributed by atoms with Crippen molar-refractivity contribution in [2.75, 3.05) is 31.6 Å². The molecule has 2 aromatic rings. The van der Waals surface area contributed by atoms with Gasteiger partial charge < -0.3 is 15.0 Å². The number of aromatic nitrogens is 3. The lowest BCUT2D eigenvalue weighted by atomic mass is 10.2. The third-order valence-electron chi connectivity index (χ3n) is 3.47. The molecule has 23 heavy (non-hydrogen) atoms. The number of morpholine rings is 1. The van der Waals surface area contributed by atoms with Gasteiger partial charge in [-0.1, -0.05) is 0 Å². The van der Waals surface area contributed by atoms with Gasteiger partial charge in [0.25, 0.3) is 5.91 Å². The number of rotatable bonds is 4. The Kier molecular flexibility index (Phi) is 4.72. The predicted octanol–water partition coefficient (Wildman–Crippen LogP) is 0.964. The largest absolute Gasteiger partial charge is 0.373 e. The molecule has 0 saturated carbocycles. The second-order valence-corrected chi connectivity index (χ2v) is 5.09. The van der Waals surface area contributed by atoms with Gasteiger partial charge in [-0.3, -0.25) is 9.78 Å². The minimum absolute atomic E-state index is 0.0621. The van der Waals surface area contributed by atoms with Gasteiger partial charge in [-0.25, -0.2) is 9.97 Å². The van der Waals surface area contributed by atoms with E-state index in [0.717, 1.165) is 6.20 Å². The summed E-state index contributed by atoms with van der Waals surface area (Å²) in [5, 5.41) is 3.03. The summed E-state index contributed by atoms with van der Waals surface area (Å²) < 4.78 is 18.4. The maximum Gasteiger partial charge on any atom is 0.255 e. The van der Waals surface area contributed by atoms with Crippen LogP contribution >= 0.6 is 0 Å². The molecular formula is C15H16FN5O2. The summed E-state index contributed by atoms with van der Waals surface area (Å²) in [5.74, 6) is -0.226. The first-order chi connectivity index (χ1) is 11.2. The summed E-state index contributed by atoms with van der Waals surface area (Å²) in [5.41, 5.74) is 0.561. The molecule has 3 heterocycles. The van der Waals surface area contributed by atoms with E-state index >= 15 is 0 Å². The van der Waals surface area contributed by atoms with Crippen LogP contribution in [0.2, 0.25) is 0 Å². The van der Waals surface area contributed by atoms with Crippen LogP contribution in [0.15, 0.2) is 36.9 Å². The van der Waals surface area contributed by atoms with Crippen LogP contribution in [0.5, 0.6) is 0 Å². The number of nitrogens with one attached hydrogen (secondary N) is 1. The van der Waals surface area contributed by atoms with Crippen LogP contribution in [0.25, 0.3) is 0 Å². The second-order valence-electron chi connectivity index (χ2n) is 5.09. The highest BCUT2D eigenvalue weighted by molar-refractivity contribution is 5.93. The number of ether oxygens (including phenoxy) is 1. The molecule has 1 N–H and O–H groups in total. The summed E-state index contributed by atoms with van der Waals surface area (Å²) in [4.78, 5) is 25.5. The van der Waals surface area contributed by atoms with E-state index in [2.05, 4.69) is 20.3 Å². The van der Waals surface area contributed by atoms with Crippen molar-refractivity contribution in [2.45, 2.75) is 6.10 Å². The molecule has 1 aliphatic heterocycles. The molecule has 7 nitrogen and oxygen atoms in total. The lowest BCUT2D eigenvalue weighted by molar-refractivity contribution is -0.0150. The fourth-order valence-corrected chi connectivity index (χ4v) is 2.32. The Hall–Kier alpha value is -2.61. The van der Waals surface area contributed by atoms with Gasteiger partial charge in [-0.2, -0.15) is 4.39 Å². The number of nitrogens with zero attached hydrogens (tertiary/aromatic N) is 4. The van der Waals surface area contributed by atoms with Crippen molar-refractivity contribution in [3.05, 3.63) is 48.4 Å². The molecule has 0 spiro atoms. The Morgan fingerprint density at radius 2 is 2.30 bits per heavy atom. The standard InChI is InChI=1S/C15H16FN5O2/c16-13-8-20-14(9-18-13)19-7-12-10-21(4-5-23-12)15(22)11-2-1-3-17-6-11/h1-3,6,8-9,12H,4-5,7,10H2,(H,19,20). The first-order valence-electron chi connectivity index (χ1n) is 7.24. The van der Waals surface area contributed by atoms with Crippen molar-refractivity contribution < 1.29 is 13.9 Å². The number of carbonyl (C=O) groups is 1. The smallest absolute Gasteiger partial charge is 0.255 e. The van der Waals surface area contributed by atoms with Crippen molar-refractivity contribution >= 4 is 11.7 Å². The average molecular weight is 317 g/mol. The highest BCUT2D eigenvalue weighted by atomic mass is 19.1. The van der Waals surface area contributed by atoms with Crippen LogP contribution in [-0.2, 0) is 4.74 Å². The summed E-state index contributed by atoms with van der Waals surface area (Å²) in [6.07, 6.45) is 5.38. The van der Waals surface area contributed by atoms with E-state index in [0.29, 0.717) is 37.6 Å². The summed E-state index contributed by atoms with van der Waals surface area (Å²) >= 11 is 0. The maximum absolute atomic E-state index is 12.7. The molecule has 2 aromatic heterocycles. The van der Waals surface area contributed by atoms with Crippen LogP contribution in [0.3, 0.4) is 0 Å². The third kappa shape index (κ3) is 3.98. The molecule has 0 radical (unpaired) electrons. The fraction of sp³-hybridized carbons (Fsp3) is 0.333. The molecule has 0 aliphatic carbocycles. The Labute approximate surface area is 132 Å². The number of pyridine rings is 1. The topological polar surface area (TPSA) is 80.2 Å². The van der Waals surface area contributed by atoms with Gasteiger partial charge in [-0.05, 0) is 12.1 Å². The molecule has 3 rings (SSSR count). The third-order valence-corrected chi connectivity index (χ3v) is 3.47. The van der Waals surface area contributed by atoms with Gasteiger partial charge >= 0.3 is 0 Å². The zero-order chi connectivity index (χ0) is 16.1. The molecule has 8 heteroatoms. The van der Waals surface area contributed by atoms with E-state index in [4.69, 9.17) is 4.74 Å². The van der Waals surface area contributed by atoms with Crippen LogP contribution in [0.4, 0.5) is 10.2 Å². The summed E-state index contributed by atoms with van der Waals surface area (Å²) in [6.45, 7) is 1.93. The molecule has 1 amide bonds. The van der Waals surface area contributed by atoms with Crippen LogP contribution in [0.1, 0.15) is 10.4 Å². The van der Waals surface area contributed by atoms with E-state index in [1.54, 1.807) is 29.4 Å². The lowest BCUT2D eigenvalue weighted by Gasteiger charge is -2.33. The molecule has 1 saturated heterocycles. The van der Waals surface area contributed by atoms with E-state index in [-0.39, 0.29) is 12.0 Å². The molecule has 1 fully saturated rings. The number of hydrogen-bond acceptors (Lipinski definition) is 6. The zero-order valence-corrected chi connectivity index (χ0v) is 12.4. The molecule has 0 bridgehead atoms. The second kappa shape index (κ2) is 7.10. The first-order valence-corrected chi connectivity index (χ1v) is 7.24. The van der Waals surface area contributed by atoms with Gasteiger partial charge in [0.05, 0.1) is 30.7 Å². The van der Waals surface area contributed by atoms with Gasteiger partial charge in [0.1, 0.15) is 5.82 Å². The molecular weight excluding hydrogens is 301 g/mol. The van der Waals surface area contributed by atoms with Crippen molar-refractivity contribution in [3.8, 4) is 0 Å². The highest BCUT2D eigenvalue weighted by Gasteiger charge is 2.25. The van der Waals surface area contributed by atoms with Gasteiger partial charge in [0.2, 0.25) is 5.95 Å². The average Bonchev–Trinajstić information content (AvgIpc) is 2.61. The monoisotopic (exact) mass is 317 g/mol. The Bertz CT molecular complexity index is 653. The molecule has 1 aliphatic rings. The number of anilines is 1. The summed E-state index contributed by atoms with van der Waals surface area (Å²) in [6, 6.07) is 3.48. The van der Waals surface area contributed by atoms with Gasteiger partial charge in [0.15, 0.2) is 0 Å². The number of amides is 1. The number of hydrogen-bond donors (Lipinski definition) is 1. The predicted molar refractivity (Wildman–Crippen MR) is 80.4 cm³/mol. The minimum atomic E-state index is -0.627. The van der Waals surface area contributed by atoms with Gasteiger partial charge in [0, 0.05) is 32.0 Å². The molecule has 1 atom stereocenters. The summed E-state index contributed by atoms with van der Waals surface area (Å²) in [7, 11) is 0. The van der Waals surface area contributed by atoms with Crippen LogP contribution < -0.4 is 5.32 Å².